The summed E-state index contributed by atoms with van der Waals surface area (Å²) in [5.74, 6) is -0.965. The van der Waals surface area contributed by atoms with Crippen LogP contribution in [0.25, 0.3) is 11.1 Å². The Hall–Kier alpha value is -1.48. The Morgan fingerprint density at radius 3 is 2.62 bits per heavy atom. The van der Waals surface area contributed by atoms with Crippen molar-refractivity contribution in [3.8, 4) is 11.1 Å². The van der Waals surface area contributed by atoms with Crippen LogP contribution in [0.2, 0.25) is 0 Å². The van der Waals surface area contributed by atoms with Crippen molar-refractivity contribution in [3.05, 3.63) is 53.9 Å². The summed E-state index contributed by atoms with van der Waals surface area (Å²) in [6.45, 7) is 0. The van der Waals surface area contributed by atoms with Crippen molar-refractivity contribution < 1.29 is 8.78 Å². The van der Waals surface area contributed by atoms with Gasteiger partial charge in [-0.1, -0.05) is 18.2 Å². The number of halogens is 3. The second kappa shape index (κ2) is 4.58. The fourth-order valence-electron chi connectivity index (χ4n) is 1.43. The smallest absolute Gasteiger partial charge is 0.217 e. The maximum absolute atomic E-state index is 13.5. The molecule has 2 aromatic rings. The van der Waals surface area contributed by atoms with Gasteiger partial charge in [-0.2, -0.15) is 4.39 Å². The van der Waals surface area contributed by atoms with Crippen LogP contribution in [0, 0.1) is 11.8 Å². The molecule has 0 saturated carbocycles. The largest absolute Gasteiger partial charge is 0.227 e. The predicted molar refractivity (Wildman–Crippen MR) is 59.1 cm³/mol. The summed E-state index contributed by atoms with van der Waals surface area (Å²) in [6.07, 6.45) is 1.30. The van der Waals surface area contributed by atoms with E-state index in [0.717, 1.165) is 0 Å². The number of nitrogens with zero attached hydrogens (tertiary/aromatic N) is 1. The second-order valence-corrected chi connectivity index (χ2v) is 3.55. The molecule has 1 nitrogen and oxygen atoms in total. The van der Waals surface area contributed by atoms with Gasteiger partial charge in [0.1, 0.15) is 5.82 Å². The van der Waals surface area contributed by atoms with E-state index >= 15 is 0 Å². The lowest BCUT2D eigenvalue weighted by atomic mass is 10.1. The van der Waals surface area contributed by atoms with Gasteiger partial charge in [0.05, 0.1) is 5.88 Å². The highest BCUT2D eigenvalue weighted by Crippen LogP contribution is 2.23. The first-order valence-electron chi connectivity index (χ1n) is 4.67. The normalized spacial score (nSPS) is 10.4. The van der Waals surface area contributed by atoms with Gasteiger partial charge in [0.15, 0.2) is 0 Å². The van der Waals surface area contributed by atoms with Gasteiger partial charge in [0.2, 0.25) is 5.95 Å². The molecule has 2 rings (SSSR count). The van der Waals surface area contributed by atoms with Crippen LogP contribution < -0.4 is 0 Å². The molecule has 4 heteroatoms. The number of benzene rings is 1. The molecule has 0 radical (unpaired) electrons. The van der Waals surface area contributed by atoms with Crippen LogP contribution in [0.1, 0.15) is 5.56 Å². The molecule has 0 aliphatic heterocycles. The fourth-order valence-corrected chi connectivity index (χ4v) is 1.62. The fraction of sp³-hybridized carbons (Fsp3) is 0.0833. The summed E-state index contributed by atoms with van der Waals surface area (Å²) in [6, 6.07) is 7.77. The number of hydrogen-bond donors (Lipinski definition) is 0. The monoisotopic (exact) mass is 239 g/mol. The van der Waals surface area contributed by atoms with Crippen molar-refractivity contribution in [1.29, 1.82) is 0 Å². The predicted octanol–water partition coefficient (Wildman–Crippen LogP) is 3.77. The van der Waals surface area contributed by atoms with E-state index in [0.29, 0.717) is 11.1 Å². The van der Waals surface area contributed by atoms with E-state index in [1.165, 1.54) is 18.3 Å². The molecule has 0 N–H and O–H groups in total. The van der Waals surface area contributed by atoms with Crippen LogP contribution >= 0.6 is 11.6 Å². The van der Waals surface area contributed by atoms with Crippen molar-refractivity contribution >= 4 is 11.6 Å². The van der Waals surface area contributed by atoms with Crippen molar-refractivity contribution in [3.63, 3.8) is 0 Å². The summed E-state index contributed by atoms with van der Waals surface area (Å²) >= 11 is 5.56. The zero-order valence-corrected chi connectivity index (χ0v) is 9.01. The van der Waals surface area contributed by atoms with Crippen molar-refractivity contribution in [2.45, 2.75) is 5.88 Å². The van der Waals surface area contributed by atoms with Crippen molar-refractivity contribution in [2.75, 3.05) is 0 Å². The molecule has 0 amide bonds. The SMILES string of the molecule is Fc1ccccc1-c1cnc(F)c(CCl)c1. The van der Waals surface area contributed by atoms with Crippen LogP contribution in [-0.4, -0.2) is 4.98 Å². The average molecular weight is 240 g/mol. The molecule has 1 aromatic carbocycles. The van der Waals surface area contributed by atoms with Gasteiger partial charge in [0, 0.05) is 22.9 Å². The van der Waals surface area contributed by atoms with E-state index < -0.39 is 5.95 Å². The maximum Gasteiger partial charge on any atom is 0.217 e. The van der Waals surface area contributed by atoms with E-state index in [-0.39, 0.29) is 17.3 Å². The zero-order chi connectivity index (χ0) is 11.5. The quantitative estimate of drug-likeness (QED) is 0.574. The Bertz CT molecular complexity index is 514. The summed E-state index contributed by atoms with van der Waals surface area (Å²) in [4.78, 5) is 3.55. The second-order valence-electron chi connectivity index (χ2n) is 3.29. The van der Waals surface area contributed by atoms with Crippen molar-refractivity contribution in [2.24, 2.45) is 0 Å². The summed E-state index contributed by atoms with van der Waals surface area (Å²) in [7, 11) is 0. The highest BCUT2D eigenvalue weighted by atomic mass is 35.5. The van der Waals surface area contributed by atoms with Gasteiger partial charge >= 0.3 is 0 Å². The number of hydrogen-bond acceptors (Lipinski definition) is 1. The lowest BCUT2D eigenvalue weighted by Gasteiger charge is -2.05. The van der Waals surface area contributed by atoms with Crippen LogP contribution in [0.4, 0.5) is 8.78 Å². The summed E-state index contributed by atoms with van der Waals surface area (Å²) < 4.78 is 26.6. The van der Waals surface area contributed by atoms with Crippen LogP contribution in [0.15, 0.2) is 36.5 Å². The third kappa shape index (κ3) is 2.04. The lowest BCUT2D eigenvalue weighted by Crippen LogP contribution is -1.93. The standard InChI is InChI=1S/C12H8ClF2N/c13-6-8-5-9(7-16-12(8)15)10-3-1-2-4-11(10)14/h1-5,7H,6H2. The molecule has 16 heavy (non-hydrogen) atoms. The van der Waals surface area contributed by atoms with Gasteiger partial charge in [-0.05, 0) is 12.1 Å². The molecule has 0 spiro atoms. The van der Waals surface area contributed by atoms with E-state index in [9.17, 15) is 8.78 Å². The Labute approximate surface area is 96.7 Å². The molecule has 0 fully saturated rings. The first-order valence-corrected chi connectivity index (χ1v) is 5.21. The van der Waals surface area contributed by atoms with E-state index in [4.69, 9.17) is 11.6 Å². The first kappa shape index (κ1) is 11.0. The molecule has 0 saturated heterocycles. The molecule has 1 aromatic heterocycles. The molecule has 1 heterocycles. The highest BCUT2D eigenvalue weighted by molar-refractivity contribution is 6.17. The molecular weight excluding hydrogens is 232 g/mol. The minimum atomic E-state index is -0.616. The van der Waals surface area contributed by atoms with Crippen LogP contribution in [0.3, 0.4) is 0 Å². The van der Waals surface area contributed by atoms with Gasteiger partial charge in [-0.15, -0.1) is 11.6 Å². The minimum absolute atomic E-state index is 0.0150. The minimum Gasteiger partial charge on any atom is -0.227 e. The Morgan fingerprint density at radius 1 is 1.19 bits per heavy atom. The van der Waals surface area contributed by atoms with Crippen molar-refractivity contribution in [1.82, 2.24) is 4.98 Å². The lowest BCUT2D eigenvalue weighted by molar-refractivity contribution is 0.573. The van der Waals surface area contributed by atoms with Gasteiger partial charge in [-0.25, -0.2) is 9.37 Å². The highest BCUT2D eigenvalue weighted by Gasteiger charge is 2.08. The number of rotatable bonds is 2. The first-order chi connectivity index (χ1) is 7.72. The zero-order valence-electron chi connectivity index (χ0n) is 8.25. The number of alkyl halides is 1. The molecule has 0 unspecified atom stereocenters. The van der Waals surface area contributed by atoms with Gasteiger partial charge in [0.25, 0.3) is 0 Å². The Kier molecular flexibility index (Phi) is 3.15. The number of pyridine rings is 1. The van der Waals surface area contributed by atoms with Gasteiger partial charge < -0.3 is 0 Å². The number of aromatic nitrogens is 1. The van der Waals surface area contributed by atoms with E-state index in [2.05, 4.69) is 4.98 Å². The molecule has 0 atom stereocenters. The molecule has 0 aliphatic rings. The third-order valence-electron chi connectivity index (χ3n) is 2.24. The average Bonchev–Trinajstić information content (AvgIpc) is 2.31. The molecular formula is C12H8ClF2N. The van der Waals surface area contributed by atoms with Crippen LogP contribution in [0.5, 0.6) is 0 Å². The Balaban J connectivity index is 2.53. The third-order valence-corrected chi connectivity index (χ3v) is 2.53. The van der Waals surface area contributed by atoms with E-state index in [1.54, 1.807) is 18.2 Å². The molecule has 0 aliphatic carbocycles. The summed E-state index contributed by atoms with van der Waals surface area (Å²) in [5.41, 5.74) is 1.18. The van der Waals surface area contributed by atoms with Crippen LogP contribution in [-0.2, 0) is 5.88 Å². The summed E-state index contributed by atoms with van der Waals surface area (Å²) in [5, 5.41) is 0. The Morgan fingerprint density at radius 2 is 1.94 bits per heavy atom. The molecule has 0 bridgehead atoms. The van der Waals surface area contributed by atoms with Gasteiger partial charge in [-0.3, -0.25) is 0 Å². The topological polar surface area (TPSA) is 12.9 Å². The van der Waals surface area contributed by atoms with E-state index in [1.807, 2.05) is 0 Å². The molecule has 82 valence electrons. The maximum atomic E-state index is 13.5.